The summed E-state index contributed by atoms with van der Waals surface area (Å²) >= 11 is 0. The molecule has 2 heteroatoms. The van der Waals surface area contributed by atoms with E-state index in [0.717, 1.165) is 0 Å². The molecule has 15 heavy (non-hydrogen) atoms. The summed E-state index contributed by atoms with van der Waals surface area (Å²) in [6, 6.07) is 0. The molecule has 1 rings (SSSR count). The maximum absolute atomic E-state index is 11.8. The number of Topliss-reactive ketones (excluding diaryl/α,β-unsaturated/α-hetero) is 1. The molecule has 0 aromatic carbocycles. The zero-order valence-electron chi connectivity index (χ0n) is 9.23. The minimum absolute atomic E-state index is 0.0821. The molecule has 80 valence electrons. The highest BCUT2D eigenvalue weighted by Gasteiger charge is 2.17. The van der Waals surface area contributed by atoms with Crippen molar-refractivity contribution in [1.82, 2.24) is 0 Å². The van der Waals surface area contributed by atoms with Gasteiger partial charge in [-0.1, -0.05) is 42.5 Å². The van der Waals surface area contributed by atoms with Gasteiger partial charge in [0, 0.05) is 17.5 Å². The molecule has 0 aromatic heterocycles. The third-order valence-electron chi connectivity index (χ3n) is 1.93. The predicted molar refractivity (Wildman–Crippen MR) is 63.4 cm³/mol. The Morgan fingerprint density at radius 1 is 1.20 bits per heavy atom. The van der Waals surface area contributed by atoms with E-state index in [0.29, 0.717) is 12.0 Å². The standard InChI is InChI=1S/C13H17NO/c1-13(2,14)10-12(15)11-8-6-4-3-5-7-9-11/h3-9H,10,14H2,1-2H3/b4-3-,5-3?,6-4?,7-5-,8-6?,9-7?,11-8?,11-9?. The molecule has 1 aliphatic rings. The lowest BCUT2D eigenvalue weighted by molar-refractivity contribution is -0.116. The third-order valence-corrected chi connectivity index (χ3v) is 1.93. The van der Waals surface area contributed by atoms with Crippen LogP contribution in [-0.4, -0.2) is 11.3 Å². The lowest BCUT2D eigenvalue weighted by Crippen LogP contribution is -2.34. The van der Waals surface area contributed by atoms with Crippen LogP contribution in [0.4, 0.5) is 0 Å². The normalized spacial score (nSPS) is 20.1. The molecule has 0 aromatic rings. The number of hydrogen-bond donors (Lipinski definition) is 1. The zero-order chi connectivity index (χ0) is 11.3. The Kier molecular flexibility index (Phi) is 3.81. The summed E-state index contributed by atoms with van der Waals surface area (Å²) in [5.74, 6) is 0.0821. The average Bonchev–Trinajstić information content (AvgIpc) is 1.98. The summed E-state index contributed by atoms with van der Waals surface area (Å²) in [4.78, 5) is 11.8. The Balaban J connectivity index is 2.75. The Hall–Kier alpha value is -1.41. The highest BCUT2D eigenvalue weighted by atomic mass is 16.1. The van der Waals surface area contributed by atoms with Crippen molar-refractivity contribution in [2.75, 3.05) is 0 Å². The number of ketones is 1. The highest BCUT2D eigenvalue weighted by molar-refractivity contribution is 5.99. The molecule has 0 amide bonds. The molecule has 0 atom stereocenters. The summed E-state index contributed by atoms with van der Waals surface area (Å²) < 4.78 is 0. The molecular weight excluding hydrogens is 186 g/mol. The highest BCUT2D eigenvalue weighted by Crippen LogP contribution is 2.12. The minimum Gasteiger partial charge on any atom is -0.325 e. The van der Waals surface area contributed by atoms with Gasteiger partial charge in [0.1, 0.15) is 0 Å². The first-order chi connectivity index (χ1) is 6.99. The van der Waals surface area contributed by atoms with Gasteiger partial charge in [0.15, 0.2) is 5.78 Å². The van der Waals surface area contributed by atoms with Crippen molar-refractivity contribution >= 4 is 5.78 Å². The van der Waals surface area contributed by atoms with Gasteiger partial charge < -0.3 is 5.73 Å². The van der Waals surface area contributed by atoms with Crippen molar-refractivity contribution < 1.29 is 4.79 Å². The first kappa shape index (κ1) is 11.7. The number of rotatable bonds is 3. The SMILES string of the molecule is CC(C)(N)CC(=O)C1=C/C=C\C=C/C=C1. The van der Waals surface area contributed by atoms with Crippen LogP contribution in [0, 0.1) is 0 Å². The summed E-state index contributed by atoms with van der Waals surface area (Å²) in [6.45, 7) is 3.71. The fourth-order valence-electron chi connectivity index (χ4n) is 1.27. The van der Waals surface area contributed by atoms with Gasteiger partial charge in [-0.2, -0.15) is 0 Å². The number of carbonyl (C=O) groups excluding carboxylic acids is 1. The molecule has 0 saturated heterocycles. The fraction of sp³-hybridized carbons (Fsp3) is 0.308. The van der Waals surface area contributed by atoms with Crippen molar-refractivity contribution in [3.05, 3.63) is 48.1 Å². The summed E-state index contributed by atoms with van der Waals surface area (Å²) in [7, 11) is 0. The third kappa shape index (κ3) is 4.56. The molecule has 1 aliphatic carbocycles. The molecule has 2 N–H and O–H groups in total. The van der Waals surface area contributed by atoms with Crippen LogP contribution in [-0.2, 0) is 4.79 Å². The van der Waals surface area contributed by atoms with Crippen molar-refractivity contribution in [2.45, 2.75) is 25.8 Å². The Morgan fingerprint density at radius 2 is 1.80 bits per heavy atom. The van der Waals surface area contributed by atoms with E-state index in [-0.39, 0.29) is 5.78 Å². The Morgan fingerprint density at radius 3 is 2.47 bits per heavy atom. The van der Waals surface area contributed by atoms with Crippen LogP contribution in [0.15, 0.2) is 48.1 Å². The van der Waals surface area contributed by atoms with E-state index in [9.17, 15) is 4.79 Å². The first-order valence-corrected chi connectivity index (χ1v) is 5.03. The van der Waals surface area contributed by atoms with E-state index in [1.807, 2.05) is 56.4 Å². The fourth-order valence-corrected chi connectivity index (χ4v) is 1.27. The van der Waals surface area contributed by atoms with E-state index in [1.165, 1.54) is 0 Å². The second-order valence-electron chi connectivity index (χ2n) is 4.34. The van der Waals surface area contributed by atoms with Crippen molar-refractivity contribution in [2.24, 2.45) is 5.73 Å². The molecule has 0 bridgehead atoms. The van der Waals surface area contributed by atoms with Gasteiger partial charge in [-0.15, -0.1) is 0 Å². The monoisotopic (exact) mass is 203 g/mol. The van der Waals surface area contributed by atoms with Gasteiger partial charge in [-0.25, -0.2) is 0 Å². The van der Waals surface area contributed by atoms with Gasteiger partial charge in [-0.05, 0) is 13.8 Å². The minimum atomic E-state index is -0.451. The molecule has 0 spiro atoms. The van der Waals surface area contributed by atoms with Crippen LogP contribution in [0.25, 0.3) is 0 Å². The van der Waals surface area contributed by atoms with E-state index >= 15 is 0 Å². The quantitative estimate of drug-likeness (QED) is 0.764. The maximum atomic E-state index is 11.8. The van der Waals surface area contributed by atoms with Crippen LogP contribution in [0.2, 0.25) is 0 Å². The van der Waals surface area contributed by atoms with Gasteiger partial charge in [0.25, 0.3) is 0 Å². The van der Waals surface area contributed by atoms with Crippen molar-refractivity contribution in [1.29, 1.82) is 0 Å². The lowest BCUT2D eigenvalue weighted by Gasteiger charge is -2.17. The smallest absolute Gasteiger partial charge is 0.164 e. The van der Waals surface area contributed by atoms with Crippen molar-refractivity contribution in [3.8, 4) is 0 Å². The zero-order valence-corrected chi connectivity index (χ0v) is 9.23. The van der Waals surface area contributed by atoms with Gasteiger partial charge in [0.2, 0.25) is 0 Å². The molecular formula is C13H17NO. The van der Waals surface area contributed by atoms with Gasteiger partial charge in [-0.3, -0.25) is 4.79 Å². The van der Waals surface area contributed by atoms with E-state index in [2.05, 4.69) is 0 Å². The lowest BCUT2D eigenvalue weighted by atomic mass is 9.94. The van der Waals surface area contributed by atoms with Gasteiger partial charge in [0.05, 0.1) is 0 Å². The largest absolute Gasteiger partial charge is 0.325 e. The van der Waals surface area contributed by atoms with Crippen LogP contribution >= 0.6 is 0 Å². The van der Waals surface area contributed by atoms with E-state index in [1.54, 1.807) is 0 Å². The molecule has 2 nitrogen and oxygen atoms in total. The number of carbonyl (C=O) groups is 1. The molecule has 0 heterocycles. The van der Waals surface area contributed by atoms with E-state index in [4.69, 9.17) is 5.73 Å². The van der Waals surface area contributed by atoms with E-state index < -0.39 is 5.54 Å². The first-order valence-electron chi connectivity index (χ1n) is 5.03. The van der Waals surface area contributed by atoms with Crippen LogP contribution < -0.4 is 5.73 Å². The van der Waals surface area contributed by atoms with Crippen molar-refractivity contribution in [3.63, 3.8) is 0 Å². The maximum Gasteiger partial charge on any atom is 0.164 e. The average molecular weight is 203 g/mol. The van der Waals surface area contributed by atoms with Crippen LogP contribution in [0.3, 0.4) is 0 Å². The molecule has 0 unspecified atom stereocenters. The van der Waals surface area contributed by atoms with Crippen LogP contribution in [0.5, 0.6) is 0 Å². The molecule has 0 aliphatic heterocycles. The predicted octanol–water partition coefficient (Wildman–Crippen LogP) is 2.29. The topological polar surface area (TPSA) is 43.1 Å². The molecule has 0 radical (unpaired) electrons. The van der Waals surface area contributed by atoms with Crippen LogP contribution in [0.1, 0.15) is 20.3 Å². The second-order valence-corrected chi connectivity index (χ2v) is 4.34. The molecule has 0 saturated carbocycles. The number of allylic oxidation sites excluding steroid dienone is 8. The summed E-state index contributed by atoms with van der Waals surface area (Å²) in [5.41, 5.74) is 6.06. The summed E-state index contributed by atoms with van der Waals surface area (Å²) in [5, 5.41) is 0. The summed E-state index contributed by atoms with van der Waals surface area (Å²) in [6.07, 6.45) is 13.4. The second kappa shape index (κ2) is 4.89. The van der Waals surface area contributed by atoms with Gasteiger partial charge >= 0.3 is 0 Å². The number of hydrogen-bond acceptors (Lipinski definition) is 2. The molecule has 0 fully saturated rings. The Labute approximate surface area is 90.9 Å². The number of nitrogens with two attached hydrogens (primary N) is 1. The Bertz CT molecular complexity index is 351.